The Hall–Kier alpha value is -3.44. The van der Waals surface area contributed by atoms with Crippen molar-refractivity contribution in [2.75, 3.05) is 13.2 Å². The molecule has 2 atom stereocenters. The first kappa shape index (κ1) is 17.9. The second-order valence-electron chi connectivity index (χ2n) is 6.55. The first-order valence-corrected chi connectivity index (χ1v) is 9.05. The first-order valence-electron chi connectivity index (χ1n) is 9.05. The van der Waals surface area contributed by atoms with Gasteiger partial charge < -0.3 is 14.8 Å². The summed E-state index contributed by atoms with van der Waals surface area (Å²) in [6, 6.07) is 16.3. The molecule has 142 valence electrons. The fourth-order valence-corrected chi connectivity index (χ4v) is 3.13. The van der Waals surface area contributed by atoms with Gasteiger partial charge in [-0.25, -0.2) is 0 Å². The van der Waals surface area contributed by atoms with Gasteiger partial charge in [0.1, 0.15) is 29.4 Å². The van der Waals surface area contributed by atoms with E-state index in [1.165, 1.54) is 4.80 Å². The molecule has 1 aliphatic rings. The molecule has 2 unspecified atom stereocenters. The quantitative estimate of drug-likeness (QED) is 0.725. The highest BCUT2D eigenvalue weighted by Gasteiger charge is 2.29. The lowest BCUT2D eigenvalue weighted by Crippen LogP contribution is -2.52. The summed E-state index contributed by atoms with van der Waals surface area (Å²) in [5, 5.41) is 20.5. The summed E-state index contributed by atoms with van der Waals surface area (Å²) >= 11 is 0. The van der Waals surface area contributed by atoms with Crippen LogP contribution in [0.3, 0.4) is 0 Å². The zero-order valence-corrected chi connectivity index (χ0v) is 15.1. The third-order valence-electron chi connectivity index (χ3n) is 4.53. The molecule has 8 nitrogen and oxygen atoms in total. The van der Waals surface area contributed by atoms with Gasteiger partial charge in [-0.1, -0.05) is 12.1 Å². The predicted octanol–water partition coefficient (Wildman–Crippen LogP) is 1.66. The van der Waals surface area contributed by atoms with Crippen molar-refractivity contribution in [1.82, 2.24) is 20.3 Å². The van der Waals surface area contributed by atoms with E-state index in [1.807, 2.05) is 24.3 Å². The van der Waals surface area contributed by atoms with Gasteiger partial charge in [-0.3, -0.25) is 4.79 Å². The van der Waals surface area contributed by atoms with E-state index in [4.69, 9.17) is 14.7 Å². The van der Waals surface area contributed by atoms with Crippen LogP contribution in [0.4, 0.5) is 0 Å². The van der Waals surface area contributed by atoms with E-state index in [9.17, 15) is 4.79 Å². The molecule has 0 aliphatic carbocycles. The lowest BCUT2D eigenvalue weighted by atomic mass is 10.1. The highest BCUT2D eigenvalue weighted by atomic mass is 16.5. The molecule has 0 saturated carbocycles. The van der Waals surface area contributed by atoms with Crippen molar-refractivity contribution in [3.05, 3.63) is 54.1 Å². The number of nitrogens with zero attached hydrogens (tertiary/aromatic N) is 4. The highest BCUT2D eigenvalue weighted by molar-refractivity contribution is 5.77. The maximum Gasteiger partial charge on any atom is 0.243 e. The van der Waals surface area contributed by atoms with Crippen molar-refractivity contribution in [2.45, 2.75) is 25.1 Å². The van der Waals surface area contributed by atoms with Crippen molar-refractivity contribution >= 4 is 16.9 Å². The normalized spacial score (nSPS) is 19.1. The number of ether oxygens (including phenoxy) is 2. The van der Waals surface area contributed by atoms with Crippen LogP contribution >= 0.6 is 0 Å². The van der Waals surface area contributed by atoms with Crippen molar-refractivity contribution in [1.29, 1.82) is 5.26 Å². The van der Waals surface area contributed by atoms with Crippen LogP contribution in [0.15, 0.2) is 48.5 Å². The SMILES string of the molecule is N#Cc1ccc(OC2COCCC2NC(=O)Cn2nc3ccccc3n2)cc1. The molecule has 28 heavy (non-hydrogen) atoms. The molecule has 0 bridgehead atoms. The largest absolute Gasteiger partial charge is 0.486 e. The molecule has 4 rings (SSSR count). The van der Waals surface area contributed by atoms with Crippen LogP contribution in [0, 0.1) is 11.3 Å². The summed E-state index contributed by atoms with van der Waals surface area (Å²) in [6.45, 7) is 0.979. The molecule has 2 aromatic carbocycles. The Morgan fingerprint density at radius 2 is 1.93 bits per heavy atom. The summed E-state index contributed by atoms with van der Waals surface area (Å²) < 4.78 is 11.5. The number of hydrogen-bond donors (Lipinski definition) is 1. The summed E-state index contributed by atoms with van der Waals surface area (Å²) in [6.07, 6.45) is 0.344. The van der Waals surface area contributed by atoms with E-state index in [0.29, 0.717) is 30.9 Å². The molecule has 1 saturated heterocycles. The number of rotatable bonds is 5. The third kappa shape index (κ3) is 4.10. The molecule has 1 amide bonds. The van der Waals surface area contributed by atoms with Crippen LogP contribution in [0.25, 0.3) is 11.0 Å². The van der Waals surface area contributed by atoms with Gasteiger partial charge >= 0.3 is 0 Å². The zero-order chi connectivity index (χ0) is 19.3. The van der Waals surface area contributed by atoms with Gasteiger partial charge in [0, 0.05) is 6.61 Å². The Morgan fingerprint density at radius 3 is 2.61 bits per heavy atom. The number of fused-ring (bicyclic) bond motifs is 1. The molecule has 0 radical (unpaired) electrons. The summed E-state index contributed by atoms with van der Waals surface area (Å²) in [5.41, 5.74) is 2.07. The van der Waals surface area contributed by atoms with Gasteiger partial charge in [0.15, 0.2) is 0 Å². The van der Waals surface area contributed by atoms with Crippen molar-refractivity contribution in [2.24, 2.45) is 0 Å². The van der Waals surface area contributed by atoms with E-state index in [-0.39, 0.29) is 24.6 Å². The lowest BCUT2D eigenvalue weighted by Gasteiger charge is -2.32. The van der Waals surface area contributed by atoms with E-state index >= 15 is 0 Å². The number of nitriles is 1. The Morgan fingerprint density at radius 1 is 1.21 bits per heavy atom. The number of hydrogen-bond acceptors (Lipinski definition) is 6. The third-order valence-corrected chi connectivity index (χ3v) is 4.53. The number of carbonyl (C=O) groups excluding carboxylic acids is 1. The van der Waals surface area contributed by atoms with Crippen LogP contribution in [-0.2, 0) is 16.1 Å². The minimum atomic E-state index is -0.310. The Balaban J connectivity index is 1.39. The fraction of sp³-hybridized carbons (Fsp3) is 0.300. The smallest absolute Gasteiger partial charge is 0.243 e. The number of carbonyl (C=O) groups is 1. The Labute approximate surface area is 161 Å². The van der Waals surface area contributed by atoms with E-state index < -0.39 is 0 Å². The fourth-order valence-electron chi connectivity index (χ4n) is 3.13. The maximum atomic E-state index is 12.5. The van der Waals surface area contributed by atoms with Crippen LogP contribution in [0.5, 0.6) is 5.75 Å². The topological polar surface area (TPSA) is 102 Å². The zero-order valence-electron chi connectivity index (χ0n) is 15.1. The summed E-state index contributed by atoms with van der Waals surface area (Å²) in [5.74, 6) is 0.453. The van der Waals surface area contributed by atoms with E-state index in [0.717, 1.165) is 11.0 Å². The monoisotopic (exact) mass is 377 g/mol. The number of amides is 1. The van der Waals surface area contributed by atoms with Gasteiger partial charge in [0.25, 0.3) is 0 Å². The van der Waals surface area contributed by atoms with Crippen LogP contribution < -0.4 is 10.1 Å². The van der Waals surface area contributed by atoms with Crippen molar-refractivity contribution < 1.29 is 14.3 Å². The predicted molar refractivity (Wildman–Crippen MR) is 100 cm³/mol. The first-order chi connectivity index (χ1) is 13.7. The van der Waals surface area contributed by atoms with Gasteiger partial charge in [-0.15, -0.1) is 0 Å². The lowest BCUT2D eigenvalue weighted by molar-refractivity contribution is -0.124. The molecular weight excluding hydrogens is 358 g/mol. The standard InChI is InChI=1S/C20H19N5O3/c21-11-14-5-7-15(8-6-14)28-19-13-27-10-9-18(19)22-20(26)12-25-23-16-3-1-2-4-17(16)24-25/h1-8,18-19H,9-10,12-13H2,(H,22,26). The highest BCUT2D eigenvalue weighted by Crippen LogP contribution is 2.18. The van der Waals surface area contributed by atoms with Crippen LogP contribution in [-0.4, -0.2) is 46.3 Å². The van der Waals surface area contributed by atoms with Gasteiger partial charge in [-0.05, 0) is 42.8 Å². The van der Waals surface area contributed by atoms with Crippen molar-refractivity contribution in [3.8, 4) is 11.8 Å². The molecule has 1 N–H and O–H groups in total. The summed E-state index contributed by atoms with van der Waals surface area (Å²) in [7, 11) is 0. The van der Waals surface area contributed by atoms with Gasteiger partial charge in [0.05, 0.1) is 24.3 Å². The second-order valence-corrected chi connectivity index (χ2v) is 6.55. The molecule has 8 heteroatoms. The van der Waals surface area contributed by atoms with E-state index in [1.54, 1.807) is 24.3 Å². The Kier molecular flexibility index (Phi) is 5.17. The minimum Gasteiger partial charge on any atom is -0.486 e. The molecular formula is C20H19N5O3. The summed E-state index contributed by atoms with van der Waals surface area (Å²) in [4.78, 5) is 13.9. The minimum absolute atomic E-state index is 0.0373. The molecule has 3 aromatic rings. The molecule has 1 aliphatic heterocycles. The Bertz CT molecular complexity index is 976. The molecule has 1 fully saturated rings. The number of nitrogens with one attached hydrogen (secondary N) is 1. The average Bonchev–Trinajstić information content (AvgIpc) is 3.12. The molecule has 0 spiro atoms. The average molecular weight is 377 g/mol. The van der Waals surface area contributed by atoms with Crippen molar-refractivity contribution in [3.63, 3.8) is 0 Å². The number of benzene rings is 2. The molecule has 1 aromatic heterocycles. The van der Waals surface area contributed by atoms with Gasteiger partial charge in [-0.2, -0.15) is 20.3 Å². The maximum absolute atomic E-state index is 12.5. The van der Waals surface area contributed by atoms with Gasteiger partial charge in [0.2, 0.25) is 5.91 Å². The number of aromatic nitrogens is 3. The van der Waals surface area contributed by atoms with Crippen LogP contribution in [0.1, 0.15) is 12.0 Å². The molecule has 2 heterocycles. The van der Waals surface area contributed by atoms with Crippen LogP contribution in [0.2, 0.25) is 0 Å². The second kappa shape index (κ2) is 8.06. The van der Waals surface area contributed by atoms with E-state index in [2.05, 4.69) is 21.6 Å².